The molecule has 0 atom stereocenters. The average Bonchev–Trinajstić information content (AvgIpc) is 2.15. The third kappa shape index (κ3) is 2.91. The largest absolute Gasteiger partial charge is 0.288 e. The van der Waals surface area contributed by atoms with Gasteiger partial charge in [0, 0.05) is 5.56 Å². The van der Waals surface area contributed by atoms with Gasteiger partial charge in [-0.25, -0.2) is 15.1 Å². The van der Waals surface area contributed by atoms with Crippen LogP contribution in [0, 0.1) is 17.0 Å². The highest BCUT2D eigenvalue weighted by atomic mass is 16.7. The molecule has 86 valence electrons. The zero-order chi connectivity index (χ0) is 12.1. The number of nitrogens with one attached hydrogen (secondary N) is 2. The first-order chi connectivity index (χ1) is 7.54. The number of aromatic amines is 1. The Morgan fingerprint density at radius 3 is 2.81 bits per heavy atom. The molecule has 0 amide bonds. The Morgan fingerprint density at radius 2 is 2.31 bits per heavy atom. The van der Waals surface area contributed by atoms with Crippen LogP contribution in [-0.2, 0) is 6.42 Å². The zero-order valence-corrected chi connectivity index (χ0v) is 8.98. The van der Waals surface area contributed by atoms with Gasteiger partial charge in [0.15, 0.2) is 5.03 Å². The smallest absolute Gasteiger partial charge is 0.265 e. The second-order valence-electron chi connectivity index (χ2n) is 3.12. The van der Waals surface area contributed by atoms with Crippen molar-refractivity contribution >= 4 is 5.95 Å². The van der Waals surface area contributed by atoms with Crippen LogP contribution in [0.5, 0.6) is 0 Å². The minimum Gasteiger partial charge on any atom is -0.288 e. The maximum absolute atomic E-state index is 11.6. The molecule has 1 aromatic rings. The van der Waals surface area contributed by atoms with Crippen molar-refractivity contribution in [2.75, 3.05) is 5.43 Å². The molecule has 7 nitrogen and oxygen atoms in total. The van der Waals surface area contributed by atoms with E-state index >= 15 is 0 Å². The molecule has 0 aliphatic carbocycles. The summed E-state index contributed by atoms with van der Waals surface area (Å²) < 4.78 is 0. The van der Waals surface area contributed by atoms with Crippen molar-refractivity contribution in [3.8, 4) is 0 Å². The number of nitro groups is 1. The number of hydrazine groups is 1. The molecule has 0 fully saturated rings. The summed E-state index contributed by atoms with van der Waals surface area (Å²) in [5.41, 5.74) is 2.43. The lowest BCUT2D eigenvalue weighted by atomic mass is 10.1. The number of rotatable bonds is 4. The lowest BCUT2D eigenvalue weighted by Crippen LogP contribution is -2.21. The lowest BCUT2D eigenvalue weighted by molar-refractivity contribution is -0.446. The van der Waals surface area contributed by atoms with Gasteiger partial charge < -0.3 is 0 Å². The number of H-pyrrole nitrogens is 1. The van der Waals surface area contributed by atoms with Crippen molar-refractivity contribution in [2.45, 2.75) is 20.3 Å². The van der Waals surface area contributed by atoms with E-state index in [-0.39, 0.29) is 11.5 Å². The second kappa shape index (κ2) is 5.06. The van der Waals surface area contributed by atoms with Gasteiger partial charge in [0.2, 0.25) is 0 Å². The number of aromatic nitrogens is 2. The highest BCUT2D eigenvalue weighted by molar-refractivity contribution is 5.28. The van der Waals surface area contributed by atoms with Crippen molar-refractivity contribution < 1.29 is 5.03 Å². The number of hydrogen-bond acceptors (Lipinski definition) is 4. The highest BCUT2D eigenvalue weighted by Crippen LogP contribution is 2.03. The van der Waals surface area contributed by atoms with Crippen molar-refractivity contribution in [3.63, 3.8) is 0 Å². The molecule has 2 N–H and O–H groups in total. The van der Waals surface area contributed by atoms with E-state index in [1.807, 2.05) is 24.5 Å². The SMILES string of the molecule is C/C=C/Cc1c(C)nc(N[N+](=O)[O-])[nH]c1=O. The van der Waals surface area contributed by atoms with Gasteiger partial charge in [0.1, 0.15) is 0 Å². The zero-order valence-electron chi connectivity index (χ0n) is 8.98. The number of anilines is 1. The number of nitrogens with zero attached hydrogens (tertiary/aromatic N) is 2. The van der Waals surface area contributed by atoms with Gasteiger partial charge >= 0.3 is 0 Å². The number of hydrogen-bond donors (Lipinski definition) is 2. The molecule has 0 saturated carbocycles. The van der Waals surface area contributed by atoms with Crippen molar-refractivity contribution in [3.05, 3.63) is 43.9 Å². The van der Waals surface area contributed by atoms with Crippen LogP contribution < -0.4 is 11.0 Å². The van der Waals surface area contributed by atoms with Crippen LogP contribution in [0.3, 0.4) is 0 Å². The molecular formula is C9H12N4O3. The topological polar surface area (TPSA) is 101 Å². The van der Waals surface area contributed by atoms with Crippen LogP contribution >= 0.6 is 0 Å². The average molecular weight is 224 g/mol. The molecule has 16 heavy (non-hydrogen) atoms. The fraction of sp³-hybridized carbons (Fsp3) is 0.333. The van der Waals surface area contributed by atoms with Gasteiger partial charge in [-0.05, 0) is 20.3 Å². The van der Waals surface area contributed by atoms with E-state index in [1.54, 1.807) is 6.92 Å². The molecule has 0 saturated heterocycles. The van der Waals surface area contributed by atoms with Crippen LogP contribution in [0.2, 0.25) is 0 Å². The van der Waals surface area contributed by atoms with Gasteiger partial charge in [0.25, 0.3) is 11.5 Å². The fourth-order valence-electron chi connectivity index (χ4n) is 1.23. The van der Waals surface area contributed by atoms with Gasteiger partial charge in [-0.1, -0.05) is 17.6 Å². The van der Waals surface area contributed by atoms with E-state index in [2.05, 4.69) is 9.97 Å². The normalized spacial score (nSPS) is 10.6. The Bertz CT molecular complexity index is 478. The maximum Gasteiger partial charge on any atom is 0.265 e. The predicted molar refractivity (Wildman–Crippen MR) is 58.7 cm³/mol. The predicted octanol–water partition coefficient (Wildman–Crippen LogP) is 0.801. The molecule has 0 aromatic carbocycles. The minimum absolute atomic E-state index is 0.156. The van der Waals surface area contributed by atoms with E-state index in [0.717, 1.165) is 0 Å². The van der Waals surface area contributed by atoms with E-state index in [4.69, 9.17) is 0 Å². The lowest BCUT2D eigenvalue weighted by Gasteiger charge is -2.02. The Hall–Kier alpha value is -2.18. The monoisotopic (exact) mass is 224 g/mol. The van der Waals surface area contributed by atoms with Gasteiger partial charge in [-0.3, -0.25) is 9.78 Å². The van der Waals surface area contributed by atoms with E-state index in [1.165, 1.54) is 0 Å². The van der Waals surface area contributed by atoms with E-state index in [0.29, 0.717) is 17.7 Å². The quantitative estimate of drug-likeness (QED) is 0.447. The van der Waals surface area contributed by atoms with Crippen LogP contribution in [0.25, 0.3) is 0 Å². The van der Waals surface area contributed by atoms with Crippen LogP contribution in [0.4, 0.5) is 5.95 Å². The Balaban J connectivity index is 3.07. The fourth-order valence-corrected chi connectivity index (χ4v) is 1.23. The summed E-state index contributed by atoms with van der Waals surface area (Å²) in [5.74, 6) is -0.156. The Morgan fingerprint density at radius 1 is 1.62 bits per heavy atom. The van der Waals surface area contributed by atoms with E-state index in [9.17, 15) is 14.9 Å². The van der Waals surface area contributed by atoms with Gasteiger partial charge in [0.05, 0.1) is 5.69 Å². The van der Waals surface area contributed by atoms with Crippen LogP contribution in [0.15, 0.2) is 16.9 Å². The molecule has 0 radical (unpaired) electrons. The summed E-state index contributed by atoms with van der Waals surface area (Å²) in [4.78, 5) is 27.9. The summed E-state index contributed by atoms with van der Waals surface area (Å²) in [6.07, 6.45) is 4.10. The van der Waals surface area contributed by atoms with Crippen molar-refractivity contribution in [2.24, 2.45) is 0 Å². The van der Waals surface area contributed by atoms with E-state index < -0.39 is 5.03 Å². The number of aryl methyl sites for hydroxylation is 1. The van der Waals surface area contributed by atoms with Crippen molar-refractivity contribution in [1.29, 1.82) is 0 Å². The van der Waals surface area contributed by atoms with Crippen LogP contribution in [0.1, 0.15) is 18.2 Å². The van der Waals surface area contributed by atoms with Gasteiger partial charge in [-0.15, -0.1) is 0 Å². The first-order valence-electron chi connectivity index (χ1n) is 4.66. The molecule has 0 aliphatic heterocycles. The Labute approximate surface area is 91.3 Å². The first kappa shape index (κ1) is 11.9. The minimum atomic E-state index is -0.774. The molecule has 0 spiro atoms. The first-order valence-corrected chi connectivity index (χ1v) is 4.66. The molecule has 1 aromatic heterocycles. The highest BCUT2D eigenvalue weighted by Gasteiger charge is 2.09. The second-order valence-corrected chi connectivity index (χ2v) is 3.12. The molecule has 7 heteroatoms. The molecule has 0 bridgehead atoms. The number of allylic oxidation sites excluding steroid dienone is 2. The van der Waals surface area contributed by atoms with Crippen molar-refractivity contribution in [1.82, 2.24) is 9.97 Å². The van der Waals surface area contributed by atoms with Gasteiger partial charge in [-0.2, -0.15) is 0 Å². The standard InChI is InChI=1S/C9H12N4O3/c1-3-4-5-7-6(2)10-9(11-8(7)14)12-13(15)16/h3-4H,5H2,1-2H3,(H2,10,11,12,14)/b4-3+. The molecule has 1 heterocycles. The Kier molecular flexibility index (Phi) is 3.76. The van der Waals surface area contributed by atoms with Crippen LogP contribution in [-0.4, -0.2) is 15.0 Å². The summed E-state index contributed by atoms with van der Waals surface area (Å²) in [5, 5.41) is 9.40. The third-order valence-electron chi connectivity index (χ3n) is 1.98. The molecule has 0 unspecified atom stereocenters. The molecule has 0 aliphatic rings. The maximum atomic E-state index is 11.6. The summed E-state index contributed by atoms with van der Waals surface area (Å²) in [6.45, 7) is 3.48. The molecule has 1 rings (SSSR count). The summed E-state index contributed by atoms with van der Waals surface area (Å²) >= 11 is 0. The molecular weight excluding hydrogens is 212 g/mol. The summed E-state index contributed by atoms with van der Waals surface area (Å²) in [7, 11) is 0. The summed E-state index contributed by atoms with van der Waals surface area (Å²) in [6, 6.07) is 0. The third-order valence-corrected chi connectivity index (χ3v) is 1.98.